The monoisotopic (exact) mass is 1610 g/mol. The second-order valence-corrected chi connectivity index (χ2v) is 30.5. The number of nitrogens with zero attached hydrogens (tertiary/aromatic N) is 1. The van der Waals surface area contributed by atoms with E-state index in [9.17, 15) is 47.9 Å². The number of para-hydroxylation sites is 1. The number of aryl methyl sites for hydroxylation is 3. The van der Waals surface area contributed by atoms with Gasteiger partial charge in [-0.05, 0) is 103 Å². The van der Waals surface area contributed by atoms with E-state index in [2.05, 4.69) is 15.9 Å². The predicted octanol–water partition coefficient (Wildman–Crippen LogP) is 25.2. The molecule has 0 aliphatic heterocycles. The van der Waals surface area contributed by atoms with Crippen LogP contribution in [0.4, 0.5) is 0 Å². The SMILES string of the molecule is C.Cc1ccc(C(=O)CCC(=O)c2cc3cc(Br)ccc3o2)cc1.Cc1ccc(C(=O)CCC(=O)c2cc3ccccc3s2)cc1.Cn1c(C(=O)CCC(=O)c2ccccc2)cc2ccccc21.O=C(CCC(=O)c1cc2ccccc2s1)c1ccccc1.O=C(CCC(=O)c1csc2ccccc12)c1ccccc1Cl. The van der Waals surface area contributed by atoms with E-state index in [-0.39, 0.29) is 129 Å². The van der Waals surface area contributed by atoms with Crippen LogP contribution in [0.15, 0.2) is 287 Å². The molecule has 0 amide bonds. The molecule has 12 nitrogen and oxygen atoms in total. The molecule has 0 saturated heterocycles. The van der Waals surface area contributed by atoms with Gasteiger partial charge in [-0.25, -0.2) is 0 Å². The summed E-state index contributed by atoms with van der Waals surface area (Å²) < 4.78 is 11.7. The Balaban J connectivity index is 0.000000147. The standard InChI is InChI=1S/C19H15BrO3.C19H17NO2.C19H16O2S.C18H13ClO2S.C18H14O2S.CH4/c1-12-2-4-13(5-3-12)16(21)7-8-17(22)19-11-14-10-15(20)6-9-18(14)23-19;1-20-16-10-6-5-9-15(16)13-17(20)19(22)12-11-18(21)14-7-3-2-4-8-14;1-13-6-8-14(9-7-13)16(20)10-11-17(21)19-12-15-4-2-3-5-18(15)22-19;19-15-7-3-1-6-13(15)16(20)9-10-17(21)14-11-22-18-8-4-2-5-12(14)18;19-15(13-6-2-1-3-7-13)10-11-16(20)18-12-14-8-4-5-9-17(14)21-18;/h2-6,9-11H,7-8H2,1H3;2-10,13H,11-12H2,1H3;2-9,12H,10-11H2,1H3;1-8,11H,9-10H2;1-9,12H,10-11H2;1H4. The maximum atomic E-state index is 12.4. The number of benzene rings is 10. The first-order valence-electron chi connectivity index (χ1n) is 35.7. The molecule has 0 bridgehead atoms. The van der Waals surface area contributed by atoms with Crippen molar-refractivity contribution in [1.82, 2.24) is 4.57 Å². The van der Waals surface area contributed by atoms with Crippen LogP contribution in [0.25, 0.3) is 52.1 Å². The fourth-order valence-electron chi connectivity index (χ4n) is 12.0. The van der Waals surface area contributed by atoms with Crippen molar-refractivity contribution in [2.75, 3.05) is 0 Å². The lowest BCUT2D eigenvalue weighted by Gasteiger charge is -2.04. The molecule has 0 unspecified atom stereocenters. The molecule has 0 N–H and O–H groups in total. The number of halogens is 2. The molecule has 0 aliphatic carbocycles. The Morgan fingerprint density at radius 1 is 0.360 bits per heavy atom. The topological polar surface area (TPSA) is 189 Å². The Labute approximate surface area is 669 Å². The van der Waals surface area contributed by atoms with Gasteiger partial charge in [0, 0.05) is 150 Å². The number of furan rings is 1. The maximum absolute atomic E-state index is 12.4. The van der Waals surface area contributed by atoms with Crippen LogP contribution in [0.2, 0.25) is 5.02 Å². The number of ketones is 10. The zero-order chi connectivity index (χ0) is 77.6. The average Bonchev–Trinajstić information content (AvgIpc) is 1.74. The Kier molecular flexibility index (Phi) is 29.5. The molecule has 10 aromatic carbocycles. The van der Waals surface area contributed by atoms with Gasteiger partial charge in [0.15, 0.2) is 63.6 Å². The number of carbonyl (C=O) groups excluding carboxylic acids is 10. The first-order chi connectivity index (χ1) is 53.2. The van der Waals surface area contributed by atoms with Crippen LogP contribution in [-0.4, -0.2) is 62.4 Å². The van der Waals surface area contributed by atoms with Gasteiger partial charge in [0.05, 0.1) is 20.5 Å². The summed E-state index contributed by atoms with van der Waals surface area (Å²) in [5.41, 5.74) is 8.40. The molecule has 111 heavy (non-hydrogen) atoms. The third-order valence-corrected chi connectivity index (χ3v) is 22.3. The summed E-state index contributed by atoms with van der Waals surface area (Å²) >= 11 is 13.9. The minimum absolute atomic E-state index is 0. The Morgan fingerprint density at radius 2 is 0.766 bits per heavy atom. The third kappa shape index (κ3) is 22.4. The van der Waals surface area contributed by atoms with Crippen molar-refractivity contribution < 1.29 is 52.4 Å². The fraction of sp³-hybridized carbons (Fsp3) is 0.149. The zero-order valence-electron chi connectivity index (χ0n) is 60.5. The van der Waals surface area contributed by atoms with E-state index in [1.165, 1.54) is 22.7 Å². The normalized spacial score (nSPS) is 10.7. The van der Waals surface area contributed by atoms with Crippen molar-refractivity contribution in [2.24, 2.45) is 7.05 Å². The van der Waals surface area contributed by atoms with Crippen LogP contribution in [0.1, 0.15) is 185 Å². The Morgan fingerprint density at radius 3 is 1.27 bits per heavy atom. The first-order valence-corrected chi connectivity index (χ1v) is 39.4. The van der Waals surface area contributed by atoms with Gasteiger partial charge >= 0.3 is 0 Å². The van der Waals surface area contributed by atoms with Crippen LogP contribution < -0.4 is 0 Å². The summed E-state index contributed by atoms with van der Waals surface area (Å²) in [4.78, 5) is 123. The van der Waals surface area contributed by atoms with Gasteiger partial charge in [-0.15, -0.1) is 34.0 Å². The molecule has 0 atom stereocenters. The Hall–Kier alpha value is -11.4. The first kappa shape index (κ1) is 82.1. The van der Waals surface area contributed by atoms with Crippen molar-refractivity contribution in [3.8, 4) is 0 Å². The van der Waals surface area contributed by atoms with Crippen LogP contribution in [0.5, 0.6) is 0 Å². The summed E-state index contributed by atoms with van der Waals surface area (Å²) in [5.74, 6) is 0.151. The van der Waals surface area contributed by atoms with Crippen LogP contribution in [0, 0.1) is 13.8 Å². The van der Waals surface area contributed by atoms with Crippen LogP contribution in [0.3, 0.4) is 0 Å². The van der Waals surface area contributed by atoms with Crippen molar-refractivity contribution in [3.63, 3.8) is 0 Å². The third-order valence-electron chi connectivity index (χ3n) is 18.2. The predicted molar refractivity (Wildman–Crippen MR) is 455 cm³/mol. The summed E-state index contributed by atoms with van der Waals surface area (Å²) in [5, 5.41) is 7.34. The molecule has 0 fully saturated rings. The number of aromatic nitrogens is 1. The van der Waals surface area contributed by atoms with E-state index in [4.69, 9.17) is 16.0 Å². The average molecular weight is 1610 g/mol. The Bertz CT molecular complexity index is 5780. The number of carbonyl (C=O) groups is 10. The lowest BCUT2D eigenvalue weighted by atomic mass is 10.0. The largest absolute Gasteiger partial charge is 0.453 e. The second-order valence-electron chi connectivity index (χ2n) is 26.1. The van der Waals surface area contributed by atoms with E-state index < -0.39 is 0 Å². The highest BCUT2D eigenvalue weighted by molar-refractivity contribution is 9.10. The van der Waals surface area contributed by atoms with Gasteiger partial charge in [0.1, 0.15) is 5.58 Å². The molecule has 5 aromatic heterocycles. The number of Topliss-reactive ketones (excluding diaryl/α,β-unsaturated/α-hetero) is 10. The molecule has 0 aliphatic rings. The van der Waals surface area contributed by atoms with E-state index in [1.54, 1.807) is 78.1 Å². The quantitative estimate of drug-likeness (QED) is 0.0495. The van der Waals surface area contributed by atoms with Gasteiger partial charge in [0.25, 0.3) is 0 Å². The van der Waals surface area contributed by atoms with E-state index in [0.29, 0.717) is 55.4 Å². The molecule has 5 heterocycles. The number of fused-ring (bicyclic) bond motifs is 5. The summed E-state index contributed by atoms with van der Waals surface area (Å²) in [6.45, 7) is 3.96. The van der Waals surface area contributed by atoms with Gasteiger partial charge in [-0.3, -0.25) is 47.9 Å². The fourth-order valence-corrected chi connectivity index (χ4v) is 15.7. The van der Waals surface area contributed by atoms with Gasteiger partial charge in [-0.1, -0.05) is 240 Å². The molecular weight excluding hydrogens is 1530 g/mol. The van der Waals surface area contributed by atoms with Crippen molar-refractivity contribution >= 4 is 172 Å². The highest BCUT2D eigenvalue weighted by Crippen LogP contribution is 2.32. The van der Waals surface area contributed by atoms with Gasteiger partial charge in [0.2, 0.25) is 0 Å². The lowest BCUT2D eigenvalue weighted by Crippen LogP contribution is -2.08. The molecule has 0 spiro atoms. The summed E-state index contributed by atoms with van der Waals surface area (Å²) in [6.07, 6.45) is 2.23. The molecule has 0 radical (unpaired) electrons. The van der Waals surface area contributed by atoms with Gasteiger partial charge in [-0.2, -0.15) is 0 Å². The summed E-state index contributed by atoms with van der Waals surface area (Å²) in [6, 6.07) is 84.5. The smallest absolute Gasteiger partial charge is 0.198 e. The lowest BCUT2D eigenvalue weighted by molar-refractivity contribution is 0.0903. The van der Waals surface area contributed by atoms with Gasteiger partial charge < -0.3 is 8.98 Å². The summed E-state index contributed by atoms with van der Waals surface area (Å²) in [7, 11) is 1.88. The number of rotatable bonds is 25. The minimum atomic E-state index is -0.155. The van der Waals surface area contributed by atoms with E-state index >= 15 is 0 Å². The van der Waals surface area contributed by atoms with Crippen LogP contribution in [-0.2, 0) is 7.05 Å². The minimum Gasteiger partial charge on any atom is -0.453 e. The molecule has 15 aromatic rings. The van der Waals surface area contributed by atoms with Crippen molar-refractivity contribution in [3.05, 3.63) is 354 Å². The van der Waals surface area contributed by atoms with Crippen molar-refractivity contribution in [2.45, 2.75) is 85.5 Å². The molecule has 17 heteroatoms. The maximum Gasteiger partial charge on any atom is 0.198 e. The van der Waals surface area contributed by atoms with E-state index in [1.807, 2.05) is 237 Å². The highest BCUT2D eigenvalue weighted by Gasteiger charge is 2.21. The van der Waals surface area contributed by atoms with Crippen molar-refractivity contribution in [1.29, 1.82) is 0 Å². The van der Waals surface area contributed by atoms with Crippen LogP contribution >= 0.6 is 61.5 Å². The zero-order valence-corrected chi connectivity index (χ0v) is 65.3. The number of thiophene rings is 3. The molecule has 15 rings (SSSR count). The second kappa shape index (κ2) is 39.8. The number of hydrogen-bond donors (Lipinski definition) is 0. The molecule has 0 saturated carbocycles. The molecular formula is C94H79BrClNO11S3. The number of hydrogen-bond acceptors (Lipinski definition) is 14. The highest BCUT2D eigenvalue weighted by atomic mass is 79.9. The van der Waals surface area contributed by atoms with E-state index in [0.717, 1.165) is 71.9 Å². The molecule has 558 valence electrons.